The van der Waals surface area contributed by atoms with E-state index in [-0.39, 0.29) is 29.7 Å². The van der Waals surface area contributed by atoms with Crippen molar-refractivity contribution in [1.82, 2.24) is 0 Å². The number of para-hydroxylation sites is 2. The van der Waals surface area contributed by atoms with Crippen LogP contribution in [0.2, 0.25) is 0 Å². The topological polar surface area (TPSA) is 98.5 Å². The molecular formula is C19H20N2O5. The molecule has 0 unspecified atom stereocenters. The summed E-state index contributed by atoms with van der Waals surface area (Å²) in [5.41, 5.74) is 0.256. The molecule has 1 amide bonds. The highest BCUT2D eigenvalue weighted by Crippen LogP contribution is 2.26. The van der Waals surface area contributed by atoms with E-state index in [0.29, 0.717) is 11.3 Å². The van der Waals surface area contributed by atoms with Crippen LogP contribution in [0.4, 0.5) is 11.4 Å². The van der Waals surface area contributed by atoms with Crippen LogP contribution in [0.25, 0.3) is 0 Å². The van der Waals surface area contributed by atoms with Crippen LogP contribution in [0.1, 0.15) is 31.1 Å². The molecule has 0 saturated heterocycles. The van der Waals surface area contributed by atoms with E-state index in [4.69, 9.17) is 4.74 Å². The molecule has 7 nitrogen and oxygen atoms in total. The Morgan fingerprint density at radius 3 is 2.27 bits per heavy atom. The maximum absolute atomic E-state index is 12.2. The molecule has 0 bridgehead atoms. The summed E-state index contributed by atoms with van der Waals surface area (Å²) >= 11 is 0. The lowest BCUT2D eigenvalue weighted by atomic mass is 9.95. The van der Waals surface area contributed by atoms with E-state index in [2.05, 4.69) is 5.32 Å². The third kappa shape index (κ3) is 4.89. The standard InChI is InChI=1S/C19H20N2O5/c1-19(2,3)18(23)20-14-10-8-13(9-11-14)16(22)12-26-17-7-5-4-6-15(17)21(24)25/h4-11H,12H2,1-3H3,(H,20,23). The summed E-state index contributed by atoms with van der Waals surface area (Å²) in [6.45, 7) is 5.10. The lowest BCUT2D eigenvalue weighted by Crippen LogP contribution is -2.27. The van der Waals surface area contributed by atoms with Crippen LogP contribution in [0, 0.1) is 15.5 Å². The minimum Gasteiger partial charge on any atom is -0.478 e. The first-order chi connectivity index (χ1) is 12.2. The second-order valence-corrected chi connectivity index (χ2v) is 6.72. The lowest BCUT2D eigenvalue weighted by Gasteiger charge is -2.17. The van der Waals surface area contributed by atoms with E-state index in [1.54, 1.807) is 51.1 Å². The fourth-order valence-electron chi connectivity index (χ4n) is 2.01. The van der Waals surface area contributed by atoms with Crippen LogP contribution in [0.15, 0.2) is 48.5 Å². The molecule has 0 saturated carbocycles. The summed E-state index contributed by atoms with van der Waals surface area (Å²) < 4.78 is 5.29. The van der Waals surface area contributed by atoms with Gasteiger partial charge in [0.05, 0.1) is 4.92 Å². The van der Waals surface area contributed by atoms with Crippen LogP contribution in [-0.4, -0.2) is 23.2 Å². The van der Waals surface area contributed by atoms with Crippen molar-refractivity contribution in [3.63, 3.8) is 0 Å². The van der Waals surface area contributed by atoms with Gasteiger partial charge in [0.2, 0.25) is 5.91 Å². The van der Waals surface area contributed by atoms with E-state index < -0.39 is 10.3 Å². The largest absolute Gasteiger partial charge is 0.478 e. The number of carbonyl (C=O) groups is 2. The third-order valence-electron chi connectivity index (χ3n) is 3.57. The van der Waals surface area contributed by atoms with Gasteiger partial charge in [-0.2, -0.15) is 0 Å². The number of nitro benzene ring substituents is 1. The first-order valence-corrected chi connectivity index (χ1v) is 7.99. The van der Waals surface area contributed by atoms with Crippen molar-refractivity contribution in [3.8, 4) is 5.75 Å². The quantitative estimate of drug-likeness (QED) is 0.482. The Balaban J connectivity index is 2.01. The van der Waals surface area contributed by atoms with Crippen molar-refractivity contribution in [2.24, 2.45) is 5.41 Å². The zero-order valence-corrected chi connectivity index (χ0v) is 14.8. The van der Waals surface area contributed by atoms with Crippen molar-refractivity contribution in [3.05, 3.63) is 64.2 Å². The Morgan fingerprint density at radius 1 is 1.08 bits per heavy atom. The average molecular weight is 356 g/mol. The van der Waals surface area contributed by atoms with Gasteiger partial charge in [-0.05, 0) is 30.3 Å². The number of hydrogen-bond donors (Lipinski definition) is 1. The van der Waals surface area contributed by atoms with Crippen LogP contribution in [0.5, 0.6) is 5.75 Å². The molecule has 136 valence electrons. The number of ketones is 1. The SMILES string of the molecule is CC(C)(C)C(=O)Nc1ccc(C(=O)COc2ccccc2[N+](=O)[O-])cc1. The van der Waals surface area contributed by atoms with Crippen LogP contribution in [0.3, 0.4) is 0 Å². The Hall–Kier alpha value is -3.22. The molecule has 0 aromatic heterocycles. The highest BCUT2D eigenvalue weighted by Gasteiger charge is 2.21. The summed E-state index contributed by atoms with van der Waals surface area (Å²) in [7, 11) is 0. The van der Waals surface area contributed by atoms with Crippen molar-refractivity contribution in [1.29, 1.82) is 0 Å². The number of Topliss-reactive ketones (excluding diaryl/α,β-unsaturated/α-hetero) is 1. The second kappa shape index (κ2) is 7.77. The number of amides is 1. The van der Waals surface area contributed by atoms with E-state index in [1.165, 1.54) is 18.2 Å². The molecule has 7 heteroatoms. The summed E-state index contributed by atoms with van der Waals surface area (Å²) in [5.74, 6) is -0.409. The fourth-order valence-corrected chi connectivity index (χ4v) is 2.01. The molecule has 26 heavy (non-hydrogen) atoms. The highest BCUT2D eigenvalue weighted by molar-refractivity contribution is 5.98. The predicted octanol–water partition coefficient (Wildman–Crippen LogP) is 3.84. The van der Waals surface area contributed by atoms with Gasteiger partial charge in [0.15, 0.2) is 18.1 Å². The Bertz CT molecular complexity index is 823. The van der Waals surface area contributed by atoms with Gasteiger partial charge < -0.3 is 10.1 Å². The molecule has 2 aromatic carbocycles. The smallest absolute Gasteiger partial charge is 0.310 e. The summed E-state index contributed by atoms with van der Waals surface area (Å²) in [4.78, 5) is 34.5. The molecule has 0 heterocycles. The Kier molecular flexibility index (Phi) is 5.71. The molecule has 0 aliphatic carbocycles. The molecule has 0 spiro atoms. The summed E-state index contributed by atoms with van der Waals surface area (Å²) in [5, 5.41) is 13.7. The minimum atomic E-state index is -0.563. The number of ether oxygens (including phenoxy) is 1. The van der Waals surface area contributed by atoms with Crippen LogP contribution >= 0.6 is 0 Å². The van der Waals surface area contributed by atoms with Crippen molar-refractivity contribution >= 4 is 23.1 Å². The van der Waals surface area contributed by atoms with Gasteiger partial charge in [0.25, 0.3) is 0 Å². The number of benzene rings is 2. The Morgan fingerprint density at radius 2 is 1.69 bits per heavy atom. The number of rotatable bonds is 6. The predicted molar refractivity (Wildman–Crippen MR) is 97.4 cm³/mol. The van der Waals surface area contributed by atoms with Gasteiger partial charge in [-0.15, -0.1) is 0 Å². The highest BCUT2D eigenvalue weighted by atomic mass is 16.6. The van der Waals surface area contributed by atoms with Crippen LogP contribution < -0.4 is 10.1 Å². The molecule has 1 N–H and O–H groups in total. The number of carbonyl (C=O) groups excluding carboxylic acids is 2. The first-order valence-electron chi connectivity index (χ1n) is 7.99. The molecule has 0 aliphatic heterocycles. The number of hydrogen-bond acceptors (Lipinski definition) is 5. The average Bonchev–Trinajstić information content (AvgIpc) is 2.59. The van der Waals surface area contributed by atoms with Gasteiger partial charge in [-0.25, -0.2) is 0 Å². The lowest BCUT2D eigenvalue weighted by molar-refractivity contribution is -0.385. The molecule has 0 atom stereocenters. The molecule has 0 fully saturated rings. The number of nitrogens with zero attached hydrogens (tertiary/aromatic N) is 1. The van der Waals surface area contributed by atoms with Crippen molar-refractivity contribution < 1.29 is 19.2 Å². The van der Waals surface area contributed by atoms with Gasteiger partial charge in [-0.1, -0.05) is 32.9 Å². The first kappa shape index (κ1) is 19.1. The van der Waals surface area contributed by atoms with E-state index >= 15 is 0 Å². The van der Waals surface area contributed by atoms with Gasteiger partial charge in [0, 0.05) is 22.7 Å². The number of nitrogens with one attached hydrogen (secondary N) is 1. The zero-order valence-electron chi connectivity index (χ0n) is 14.8. The maximum atomic E-state index is 12.2. The molecule has 2 aromatic rings. The van der Waals surface area contributed by atoms with Gasteiger partial charge in [0.1, 0.15) is 0 Å². The molecular weight excluding hydrogens is 336 g/mol. The minimum absolute atomic E-state index is 0.0416. The van der Waals surface area contributed by atoms with Crippen LogP contribution in [-0.2, 0) is 4.79 Å². The second-order valence-electron chi connectivity index (χ2n) is 6.72. The molecule has 2 rings (SSSR count). The number of anilines is 1. The number of nitro groups is 1. The van der Waals surface area contributed by atoms with Crippen molar-refractivity contribution in [2.75, 3.05) is 11.9 Å². The third-order valence-corrected chi connectivity index (χ3v) is 3.57. The fraction of sp³-hybridized carbons (Fsp3) is 0.263. The van der Waals surface area contributed by atoms with Crippen molar-refractivity contribution in [2.45, 2.75) is 20.8 Å². The summed E-state index contributed by atoms with van der Waals surface area (Å²) in [6.07, 6.45) is 0. The summed E-state index contributed by atoms with van der Waals surface area (Å²) in [6, 6.07) is 12.3. The normalized spacial score (nSPS) is 10.9. The zero-order chi connectivity index (χ0) is 19.3. The van der Waals surface area contributed by atoms with Gasteiger partial charge in [-0.3, -0.25) is 19.7 Å². The maximum Gasteiger partial charge on any atom is 0.310 e. The van der Waals surface area contributed by atoms with E-state index in [9.17, 15) is 19.7 Å². The molecule has 0 aliphatic rings. The monoisotopic (exact) mass is 356 g/mol. The van der Waals surface area contributed by atoms with E-state index in [1.807, 2.05) is 0 Å². The van der Waals surface area contributed by atoms with Gasteiger partial charge >= 0.3 is 5.69 Å². The van der Waals surface area contributed by atoms with E-state index in [0.717, 1.165) is 0 Å². The Labute approximate surface area is 151 Å². The molecule has 0 radical (unpaired) electrons.